The molecular weight excluding hydrogens is 263 g/mol. The summed E-state index contributed by atoms with van der Waals surface area (Å²) in [6.45, 7) is 0.969. The SMILES string of the molecule is CN(C)Cc1ccc(N)c(I)c1. The number of hydrogen-bond acceptors (Lipinski definition) is 2. The molecule has 12 heavy (non-hydrogen) atoms. The van der Waals surface area contributed by atoms with E-state index < -0.39 is 0 Å². The molecule has 0 aromatic heterocycles. The highest BCUT2D eigenvalue weighted by Crippen LogP contribution is 2.16. The lowest BCUT2D eigenvalue weighted by molar-refractivity contribution is 0.402. The van der Waals surface area contributed by atoms with E-state index in [4.69, 9.17) is 5.73 Å². The third-order valence-corrected chi connectivity index (χ3v) is 2.50. The lowest BCUT2D eigenvalue weighted by Gasteiger charge is -2.10. The minimum absolute atomic E-state index is 0.859. The third-order valence-electron chi connectivity index (χ3n) is 1.56. The molecule has 0 unspecified atom stereocenters. The average molecular weight is 276 g/mol. The third kappa shape index (κ3) is 2.64. The molecule has 0 fully saturated rings. The molecule has 0 saturated heterocycles. The van der Waals surface area contributed by atoms with Crippen LogP contribution in [0.5, 0.6) is 0 Å². The van der Waals surface area contributed by atoms with E-state index in [2.05, 4.69) is 53.7 Å². The van der Waals surface area contributed by atoms with Gasteiger partial charge in [0.25, 0.3) is 0 Å². The van der Waals surface area contributed by atoms with E-state index >= 15 is 0 Å². The van der Waals surface area contributed by atoms with Gasteiger partial charge in [0, 0.05) is 15.8 Å². The van der Waals surface area contributed by atoms with Gasteiger partial charge in [-0.05, 0) is 54.4 Å². The highest BCUT2D eigenvalue weighted by Gasteiger charge is 1.98. The molecule has 0 amide bonds. The molecule has 0 saturated carbocycles. The van der Waals surface area contributed by atoms with Crippen LogP contribution in [-0.4, -0.2) is 19.0 Å². The normalized spacial score (nSPS) is 10.7. The van der Waals surface area contributed by atoms with Crippen LogP contribution < -0.4 is 5.73 Å². The van der Waals surface area contributed by atoms with Crippen molar-refractivity contribution in [1.29, 1.82) is 0 Å². The first-order valence-electron chi connectivity index (χ1n) is 3.78. The predicted molar refractivity (Wildman–Crippen MR) is 61.0 cm³/mol. The molecule has 1 aromatic rings. The van der Waals surface area contributed by atoms with Gasteiger partial charge >= 0.3 is 0 Å². The Balaban J connectivity index is 2.82. The number of nitrogens with zero attached hydrogens (tertiary/aromatic N) is 1. The van der Waals surface area contributed by atoms with E-state index in [0.29, 0.717) is 0 Å². The van der Waals surface area contributed by atoms with Gasteiger partial charge < -0.3 is 10.6 Å². The molecule has 2 N–H and O–H groups in total. The highest BCUT2D eigenvalue weighted by molar-refractivity contribution is 14.1. The van der Waals surface area contributed by atoms with Crippen LogP contribution in [0.3, 0.4) is 0 Å². The number of halogens is 1. The van der Waals surface area contributed by atoms with Crippen LogP contribution in [0.15, 0.2) is 18.2 Å². The molecule has 0 aliphatic carbocycles. The predicted octanol–water partition coefficient (Wildman–Crippen LogP) is 1.94. The maximum absolute atomic E-state index is 5.70. The lowest BCUT2D eigenvalue weighted by Crippen LogP contribution is -2.10. The van der Waals surface area contributed by atoms with Crippen LogP contribution in [0.1, 0.15) is 5.56 Å². The van der Waals surface area contributed by atoms with Crippen molar-refractivity contribution in [2.45, 2.75) is 6.54 Å². The van der Waals surface area contributed by atoms with Gasteiger partial charge in [-0.15, -0.1) is 0 Å². The summed E-state index contributed by atoms with van der Waals surface area (Å²) in [5.74, 6) is 0. The van der Waals surface area contributed by atoms with Crippen molar-refractivity contribution in [2.75, 3.05) is 19.8 Å². The van der Waals surface area contributed by atoms with E-state index in [1.807, 2.05) is 6.07 Å². The number of nitrogens with two attached hydrogens (primary N) is 1. The van der Waals surface area contributed by atoms with Crippen LogP contribution in [0.2, 0.25) is 0 Å². The van der Waals surface area contributed by atoms with Crippen LogP contribution in [-0.2, 0) is 6.54 Å². The van der Waals surface area contributed by atoms with E-state index in [1.54, 1.807) is 0 Å². The summed E-state index contributed by atoms with van der Waals surface area (Å²) >= 11 is 2.25. The second kappa shape index (κ2) is 4.09. The van der Waals surface area contributed by atoms with Crippen molar-refractivity contribution in [3.8, 4) is 0 Å². The number of rotatable bonds is 2. The maximum atomic E-state index is 5.70. The monoisotopic (exact) mass is 276 g/mol. The summed E-state index contributed by atoms with van der Waals surface area (Å²) in [4.78, 5) is 2.14. The molecule has 0 aliphatic heterocycles. The Hall–Kier alpha value is -0.290. The Morgan fingerprint density at radius 1 is 1.42 bits per heavy atom. The van der Waals surface area contributed by atoms with Crippen molar-refractivity contribution in [1.82, 2.24) is 4.90 Å². The van der Waals surface area contributed by atoms with Crippen LogP contribution in [0, 0.1) is 3.57 Å². The molecule has 0 radical (unpaired) electrons. The highest BCUT2D eigenvalue weighted by atomic mass is 127. The first-order chi connectivity index (χ1) is 5.59. The zero-order valence-electron chi connectivity index (χ0n) is 7.34. The summed E-state index contributed by atoms with van der Waals surface area (Å²) in [5, 5.41) is 0. The smallest absolute Gasteiger partial charge is 0.0449 e. The van der Waals surface area contributed by atoms with E-state index in [0.717, 1.165) is 15.8 Å². The largest absolute Gasteiger partial charge is 0.398 e. The van der Waals surface area contributed by atoms with Crippen LogP contribution in [0.25, 0.3) is 0 Å². The molecule has 3 heteroatoms. The van der Waals surface area contributed by atoms with Gasteiger partial charge in [0.2, 0.25) is 0 Å². The quantitative estimate of drug-likeness (QED) is 0.660. The second-order valence-electron chi connectivity index (χ2n) is 3.09. The molecule has 0 heterocycles. The molecule has 66 valence electrons. The molecule has 0 atom stereocenters. The van der Waals surface area contributed by atoms with Gasteiger partial charge in [-0.2, -0.15) is 0 Å². The number of anilines is 1. The van der Waals surface area contributed by atoms with Crippen molar-refractivity contribution >= 4 is 28.3 Å². The molecule has 0 spiro atoms. The zero-order valence-corrected chi connectivity index (χ0v) is 9.50. The summed E-state index contributed by atoms with van der Waals surface area (Å²) in [7, 11) is 4.12. The van der Waals surface area contributed by atoms with Gasteiger partial charge in [0.1, 0.15) is 0 Å². The fourth-order valence-electron chi connectivity index (χ4n) is 1.03. The van der Waals surface area contributed by atoms with Crippen molar-refractivity contribution in [2.24, 2.45) is 0 Å². The lowest BCUT2D eigenvalue weighted by atomic mass is 10.2. The van der Waals surface area contributed by atoms with E-state index in [9.17, 15) is 0 Å². The Bertz CT molecular complexity index is 271. The van der Waals surface area contributed by atoms with E-state index in [1.165, 1.54) is 5.56 Å². The minimum Gasteiger partial charge on any atom is -0.398 e. The first kappa shape index (κ1) is 9.80. The first-order valence-corrected chi connectivity index (χ1v) is 4.86. The molecule has 0 aliphatic rings. The minimum atomic E-state index is 0.859. The van der Waals surface area contributed by atoms with Gasteiger partial charge in [0.05, 0.1) is 0 Å². The molecule has 1 rings (SSSR count). The Kier molecular flexibility index (Phi) is 3.34. The van der Waals surface area contributed by atoms with Gasteiger partial charge in [0.15, 0.2) is 0 Å². The summed E-state index contributed by atoms with van der Waals surface area (Å²) < 4.78 is 1.13. The number of hydrogen-bond donors (Lipinski definition) is 1. The second-order valence-corrected chi connectivity index (χ2v) is 4.26. The van der Waals surface area contributed by atoms with Gasteiger partial charge in [-0.1, -0.05) is 6.07 Å². The van der Waals surface area contributed by atoms with Crippen molar-refractivity contribution in [3.63, 3.8) is 0 Å². The number of nitrogen functional groups attached to an aromatic ring is 1. The molecular formula is C9H13IN2. The molecule has 0 bridgehead atoms. The summed E-state index contributed by atoms with van der Waals surface area (Å²) in [5.41, 5.74) is 7.86. The van der Waals surface area contributed by atoms with Crippen molar-refractivity contribution < 1.29 is 0 Å². The van der Waals surface area contributed by atoms with Gasteiger partial charge in [-0.25, -0.2) is 0 Å². The average Bonchev–Trinajstić information content (AvgIpc) is 1.96. The summed E-state index contributed by atoms with van der Waals surface area (Å²) in [6, 6.07) is 6.15. The van der Waals surface area contributed by atoms with Gasteiger partial charge in [-0.3, -0.25) is 0 Å². The Labute approximate surface area is 86.9 Å². The molecule has 2 nitrogen and oxygen atoms in total. The van der Waals surface area contributed by atoms with Crippen LogP contribution >= 0.6 is 22.6 Å². The topological polar surface area (TPSA) is 29.3 Å². The Morgan fingerprint density at radius 3 is 2.58 bits per heavy atom. The number of benzene rings is 1. The van der Waals surface area contributed by atoms with E-state index in [-0.39, 0.29) is 0 Å². The summed E-state index contributed by atoms with van der Waals surface area (Å²) in [6.07, 6.45) is 0. The Morgan fingerprint density at radius 2 is 2.08 bits per heavy atom. The molecule has 1 aromatic carbocycles. The fraction of sp³-hybridized carbons (Fsp3) is 0.333. The van der Waals surface area contributed by atoms with Crippen LogP contribution in [0.4, 0.5) is 5.69 Å². The maximum Gasteiger partial charge on any atom is 0.0449 e. The zero-order chi connectivity index (χ0) is 9.14. The fourth-order valence-corrected chi connectivity index (χ4v) is 1.61. The standard InChI is InChI=1S/C9H13IN2/c1-12(2)6-7-3-4-9(11)8(10)5-7/h3-5H,6,11H2,1-2H3. The van der Waals surface area contributed by atoms with Crippen molar-refractivity contribution in [3.05, 3.63) is 27.3 Å².